The van der Waals surface area contributed by atoms with Gasteiger partial charge in [0.05, 0.1) is 19.8 Å². The van der Waals surface area contributed by atoms with E-state index in [9.17, 15) is 0 Å². The van der Waals surface area contributed by atoms with Crippen LogP contribution in [0.5, 0.6) is 5.75 Å². The van der Waals surface area contributed by atoms with E-state index in [1.165, 1.54) is 0 Å². The third kappa shape index (κ3) is 5.21. The van der Waals surface area contributed by atoms with Crippen molar-refractivity contribution >= 4 is 23.2 Å². The minimum absolute atomic E-state index is 0.636. The Morgan fingerprint density at radius 2 is 2.08 bits per heavy atom. The number of nitrogens with one attached hydrogen (secondary N) is 1. The van der Waals surface area contributed by atoms with Gasteiger partial charge in [0, 0.05) is 30.7 Å². The molecular formula is C18H23ClN4O2. The lowest BCUT2D eigenvalue weighted by atomic mass is 10.2. The van der Waals surface area contributed by atoms with Gasteiger partial charge in [0.2, 0.25) is 0 Å². The topological polar surface area (TPSA) is 59.5 Å². The van der Waals surface area contributed by atoms with Crippen molar-refractivity contribution in [1.82, 2.24) is 9.97 Å². The van der Waals surface area contributed by atoms with E-state index in [1.807, 2.05) is 31.2 Å². The molecule has 6 nitrogen and oxygen atoms in total. The molecule has 2 heterocycles. The predicted octanol–water partition coefficient (Wildman–Crippen LogP) is 3.16. The van der Waals surface area contributed by atoms with Crippen molar-refractivity contribution < 1.29 is 9.47 Å². The molecule has 134 valence electrons. The van der Waals surface area contributed by atoms with Gasteiger partial charge in [0.15, 0.2) is 0 Å². The van der Waals surface area contributed by atoms with Gasteiger partial charge < -0.3 is 19.7 Å². The van der Waals surface area contributed by atoms with E-state index in [1.54, 1.807) is 6.33 Å². The van der Waals surface area contributed by atoms with Crippen LogP contribution in [-0.4, -0.2) is 49.4 Å². The van der Waals surface area contributed by atoms with Crippen LogP contribution in [0.15, 0.2) is 30.6 Å². The van der Waals surface area contributed by atoms with Gasteiger partial charge in [-0.3, -0.25) is 0 Å². The highest BCUT2D eigenvalue weighted by molar-refractivity contribution is 6.30. The normalized spacial score (nSPS) is 14.4. The van der Waals surface area contributed by atoms with Gasteiger partial charge >= 0.3 is 0 Å². The van der Waals surface area contributed by atoms with Gasteiger partial charge in [-0.25, -0.2) is 9.97 Å². The summed E-state index contributed by atoms with van der Waals surface area (Å²) in [4.78, 5) is 10.8. The van der Waals surface area contributed by atoms with Crippen LogP contribution in [0.4, 0.5) is 11.6 Å². The van der Waals surface area contributed by atoms with Gasteiger partial charge in [0.1, 0.15) is 23.7 Å². The van der Waals surface area contributed by atoms with Crippen LogP contribution in [0.25, 0.3) is 0 Å². The number of aryl methyl sites for hydroxylation is 1. The molecule has 0 amide bonds. The van der Waals surface area contributed by atoms with E-state index in [0.29, 0.717) is 6.61 Å². The van der Waals surface area contributed by atoms with E-state index >= 15 is 0 Å². The molecule has 0 spiro atoms. The van der Waals surface area contributed by atoms with Crippen molar-refractivity contribution in [3.63, 3.8) is 0 Å². The first-order valence-corrected chi connectivity index (χ1v) is 8.88. The smallest absolute Gasteiger partial charge is 0.134 e. The minimum Gasteiger partial charge on any atom is -0.493 e. The zero-order valence-electron chi connectivity index (χ0n) is 14.4. The maximum atomic E-state index is 5.95. The second kappa shape index (κ2) is 8.87. The molecule has 7 heteroatoms. The van der Waals surface area contributed by atoms with E-state index < -0.39 is 0 Å². The number of hydrogen-bond donors (Lipinski definition) is 1. The standard InChI is InChI=1S/C18H23ClN4O2/c1-14-11-15(19)3-4-16(14)25-8-2-5-20-17-12-18(22-13-21-17)23-6-9-24-10-7-23/h3-4,11-13H,2,5-10H2,1H3,(H,20,21,22). The number of morpholine rings is 1. The maximum Gasteiger partial charge on any atom is 0.134 e. The van der Waals surface area contributed by atoms with Crippen LogP contribution in [0, 0.1) is 6.92 Å². The summed E-state index contributed by atoms with van der Waals surface area (Å²) in [5.74, 6) is 2.65. The van der Waals surface area contributed by atoms with E-state index in [4.69, 9.17) is 21.1 Å². The Hall–Kier alpha value is -2.05. The molecule has 0 radical (unpaired) electrons. The second-order valence-electron chi connectivity index (χ2n) is 5.90. The average Bonchev–Trinajstić information content (AvgIpc) is 2.64. The Morgan fingerprint density at radius 3 is 2.88 bits per heavy atom. The molecule has 1 aliphatic heterocycles. The number of aromatic nitrogens is 2. The zero-order valence-corrected chi connectivity index (χ0v) is 15.1. The third-order valence-electron chi connectivity index (χ3n) is 4.01. The fourth-order valence-electron chi connectivity index (χ4n) is 2.65. The SMILES string of the molecule is Cc1cc(Cl)ccc1OCCCNc1cc(N2CCOCC2)ncn1. The molecule has 1 fully saturated rings. The van der Waals surface area contributed by atoms with Crippen molar-refractivity contribution in [2.75, 3.05) is 49.7 Å². The summed E-state index contributed by atoms with van der Waals surface area (Å²) in [5.41, 5.74) is 1.05. The number of benzene rings is 1. The second-order valence-corrected chi connectivity index (χ2v) is 6.34. The summed E-state index contributed by atoms with van der Waals surface area (Å²) in [6.45, 7) is 6.63. The molecule has 1 aliphatic rings. The lowest BCUT2D eigenvalue weighted by molar-refractivity contribution is 0.122. The van der Waals surface area contributed by atoms with Crippen molar-refractivity contribution in [3.8, 4) is 5.75 Å². The summed E-state index contributed by atoms with van der Waals surface area (Å²) < 4.78 is 11.2. The Balaban J connectivity index is 1.43. The Bertz CT molecular complexity index is 693. The van der Waals surface area contributed by atoms with Crippen LogP contribution in [0.3, 0.4) is 0 Å². The lowest BCUT2D eigenvalue weighted by Gasteiger charge is -2.27. The fourth-order valence-corrected chi connectivity index (χ4v) is 2.88. The van der Waals surface area contributed by atoms with E-state index in [-0.39, 0.29) is 0 Å². The third-order valence-corrected chi connectivity index (χ3v) is 4.24. The summed E-state index contributed by atoms with van der Waals surface area (Å²) in [7, 11) is 0. The van der Waals surface area contributed by atoms with Crippen LogP contribution in [-0.2, 0) is 4.74 Å². The molecule has 0 saturated carbocycles. The van der Waals surface area contributed by atoms with Gasteiger partial charge in [-0.05, 0) is 37.1 Å². The molecule has 1 aromatic heterocycles. The quantitative estimate of drug-likeness (QED) is 0.763. The zero-order chi connectivity index (χ0) is 17.5. The molecular weight excluding hydrogens is 340 g/mol. The van der Waals surface area contributed by atoms with Gasteiger partial charge in [-0.1, -0.05) is 11.6 Å². The number of nitrogens with zero attached hydrogens (tertiary/aromatic N) is 3. The Kier molecular flexibility index (Phi) is 6.30. The first kappa shape index (κ1) is 17.8. The highest BCUT2D eigenvalue weighted by Crippen LogP contribution is 2.22. The molecule has 1 saturated heterocycles. The summed E-state index contributed by atoms with van der Waals surface area (Å²) in [6.07, 6.45) is 2.47. The maximum absolute atomic E-state index is 5.95. The first-order chi connectivity index (χ1) is 12.2. The van der Waals surface area contributed by atoms with Gasteiger partial charge in [0.25, 0.3) is 0 Å². The van der Waals surface area contributed by atoms with Gasteiger partial charge in [-0.2, -0.15) is 0 Å². The highest BCUT2D eigenvalue weighted by Gasteiger charge is 2.12. The Labute approximate surface area is 153 Å². The van der Waals surface area contributed by atoms with E-state index in [0.717, 1.165) is 67.2 Å². The highest BCUT2D eigenvalue weighted by atomic mass is 35.5. The number of halogens is 1. The predicted molar refractivity (Wildman–Crippen MR) is 99.9 cm³/mol. The molecule has 0 atom stereocenters. The van der Waals surface area contributed by atoms with Crippen molar-refractivity contribution in [2.24, 2.45) is 0 Å². The summed E-state index contributed by atoms with van der Waals surface area (Å²) in [6, 6.07) is 7.64. The molecule has 0 bridgehead atoms. The van der Waals surface area contributed by atoms with Crippen LogP contribution in [0.2, 0.25) is 5.02 Å². The molecule has 1 aromatic carbocycles. The first-order valence-electron chi connectivity index (χ1n) is 8.50. The van der Waals surface area contributed by atoms with Crippen LogP contribution in [0.1, 0.15) is 12.0 Å². The molecule has 1 N–H and O–H groups in total. The molecule has 2 aromatic rings. The summed E-state index contributed by atoms with van der Waals surface area (Å²) in [5, 5.41) is 4.05. The van der Waals surface area contributed by atoms with Gasteiger partial charge in [-0.15, -0.1) is 0 Å². The van der Waals surface area contributed by atoms with Crippen molar-refractivity contribution in [2.45, 2.75) is 13.3 Å². The average molecular weight is 363 g/mol. The van der Waals surface area contributed by atoms with E-state index in [2.05, 4.69) is 20.2 Å². The number of rotatable bonds is 7. The van der Waals surface area contributed by atoms with Crippen LogP contribution >= 0.6 is 11.6 Å². The summed E-state index contributed by atoms with van der Waals surface area (Å²) >= 11 is 5.95. The largest absolute Gasteiger partial charge is 0.493 e. The van der Waals surface area contributed by atoms with Crippen molar-refractivity contribution in [1.29, 1.82) is 0 Å². The number of anilines is 2. The Morgan fingerprint density at radius 1 is 1.24 bits per heavy atom. The number of hydrogen-bond acceptors (Lipinski definition) is 6. The molecule has 0 aliphatic carbocycles. The monoisotopic (exact) mass is 362 g/mol. The molecule has 25 heavy (non-hydrogen) atoms. The minimum atomic E-state index is 0.636. The lowest BCUT2D eigenvalue weighted by Crippen LogP contribution is -2.36. The fraction of sp³-hybridized carbons (Fsp3) is 0.444. The number of ether oxygens (including phenoxy) is 2. The van der Waals surface area contributed by atoms with Crippen molar-refractivity contribution in [3.05, 3.63) is 41.2 Å². The van der Waals surface area contributed by atoms with Crippen LogP contribution < -0.4 is 15.0 Å². The molecule has 3 rings (SSSR count). The molecule has 0 unspecified atom stereocenters.